The highest BCUT2D eigenvalue weighted by Gasteiger charge is 2.25. The summed E-state index contributed by atoms with van der Waals surface area (Å²) in [5.41, 5.74) is 1.24. The molecule has 7 heteroatoms. The summed E-state index contributed by atoms with van der Waals surface area (Å²) in [6.45, 7) is 4.99. The lowest BCUT2D eigenvalue weighted by Gasteiger charge is -2.28. The molecule has 0 spiro atoms. The lowest BCUT2D eigenvalue weighted by molar-refractivity contribution is -0.138. The summed E-state index contributed by atoms with van der Waals surface area (Å²) in [7, 11) is 0. The molecule has 3 rings (SSSR count). The number of aryl methyl sites for hydroxylation is 1. The Bertz CT molecular complexity index is 1030. The van der Waals surface area contributed by atoms with Crippen LogP contribution in [0.3, 0.4) is 0 Å². The first-order valence-electron chi connectivity index (χ1n) is 10.6. The first-order valence-corrected chi connectivity index (χ1v) is 11.0. The molecular weight excluding hydrogens is 416 g/mol. The summed E-state index contributed by atoms with van der Waals surface area (Å²) < 4.78 is 0. The number of nitrogens with zero attached hydrogens (tertiary/aromatic N) is 1. The van der Waals surface area contributed by atoms with Crippen molar-refractivity contribution in [3.05, 3.63) is 62.3 Å². The molecule has 1 aromatic carbocycles. The van der Waals surface area contributed by atoms with Crippen molar-refractivity contribution in [3.63, 3.8) is 0 Å². The van der Waals surface area contributed by atoms with Crippen LogP contribution in [0.5, 0.6) is 0 Å². The second-order valence-corrected chi connectivity index (χ2v) is 9.27. The van der Waals surface area contributed by atoms with E-state index in [2.05, 4.69) is 22.1 Å². The Morgan fingerprint density at radius 3 is 2.35 bits per heavy atom. The Labute approximate surface area is 187 Å². The van der Waals surface area contributed by atoms with Crippen molar-refractivity contribution in [2.45, 2.75) is 64.4 Å². The zero-order valence-electron chi connectivity index (χ0n) is 18.1. The van der Waals surface area contributed by atoms with Crippen molar-refractivity contribution in [3.8, 4) is 0 Å². The summed E-state index contributed by atoms with van der Waals surface area (Å²) in [5.74, 6) is 0.386. The number of aromatic amines is 1. The van der Waals surface area contributed by atoms with Gasteiger partial charge >= 0.3 is 5.97 Å². The van der Waals surface area contributed by atoms with Crippen LogP contribution in [0.2, 0.25) is 5.15 Å². The highest BCUT2D eigenvalue weighted by atomic mass is 35.5. The van der Waals surface area contributed by atoms with Crippen LogP contribution in [0.1, 0.15) is 74.4 Å². The van der Waals surface area contributed by atoms with E-state index in [-0.39, 0.29) is 28.6 Å². The van der Waals surface area contributed by atoms with Gasteiger partial charge < -0.3 is 15.2 Å². The van der Waals surface area contributed by atoms with E-state index in [1.165, 1.54) is 5.56 Å². The maximum atomic E-state index is 12.4. The van der Waals surface area contributed by atoms with Crippen molar-refractivity contribution < 1.29 is 15.0 Å². The van der Waals surface area contributed by atoms with Gasteiger partial charge in [-0.2, -0.15) is 0 Å². The molecule has 1 saturated carbocycles. The van der Waals surface area contributed by atoms with E-state index in [9.17, 15) is 14.7 Å². The molecule has 1 fully saturated rings. The largest absolute Gasteiger partial charge is 0.481 e. The van der Waals surface area contributed by atoms with Gasteiger partial charge in [0.05, 0.1) is 11.2 Å². The number of rotatable bonds is 6. The normalized spacial score (nSPS) is 20.0. The fraction of sp³-hybridized carbons (Fsp3) is 0.458. The van der Waals surface area contributed by atoms with Gasteiger partial charge in [-0.15, -0.1) is 0 Å². The van der Waals surface area contributed by atoms with Crippen LogP contribution in [0, 0.1) is 12.8 Å². The number of hydrogen-bond acceptors (Lipinski definition) is 4. The van der Waals surface area contributed by atoms with Gasteiger partial charge in [-0.3, -0.25) is 9.59 Å². The Balaban J connectivity index is 1.85. The molecule has 1 aromatic heterocycles. The van der Waals surface area contributed by atoms with Gasteiger partial charge in [0, 0.05) is 6.42 Å². The molecule has 6 nitrogen and oxygen atoms in total. The molecule has 0 bridgehead atoms. The molecule has 1 heterocycles. The maximum Gasteiger partial charge on any atom is 0.303 e. The van der Waals surface area contributed by atoms with E-state index in [4.69, 9.17) is 16.7 Å². The predicted molar refractivity (Wildman–Crippen MR) is 122 cm³/mol. The number of nitrogens with one attached hydrogen (secondary N) is 1. The zero-order valence-corrected chi connectivity index (χ0v) is 18.9. The Hall–Kier alpha value is -2.44. The van der Waals surface area contributed by atoms with Crippen LogP contribution in [-0.2, 0) is 4.79 Å². The van der Waals surface area contributed by atoms with Gasteiger partial charge in [0.2, 0.25) is 0 Å². The third kappa shape index (κ3) is 5.83. The van der Waals surface area contributed by atoms with E-state index in [1.807, 2.05) is 12.1 Å². The molecule has 31 heavy (non-hydrogen) atoms. The third-order valence-electron chi connectivity index (χ3n) is 5.98. The molecular formula is C24H29ClN2O4. The maximum absolute atomic E-state index is 12.4. The fourth-order valence-electron chi connectivity index (χ4n) is 4.33. The third-order valence-corrected chi connectivity index (χ3v) is 6.27. The fourth-order valence-corrected chi connectivity index (χ4v) is 4.59. The summed E-state index contributed by atoms with van der Waals surface area (Å²) in [5, 5.41) is 19.8. The highest BCUT2D eigenvalue weighted by molar-refractivity contribution is 6.31. The van der Waals surface area contributed by atoms with Gasteiger partial charge in [-0.25, -0.2) is 4.98 Å². The number of benzene rings is 1. The van der Waals surface area contributed by atoms with Gasteiger partial charge in [-0.1, -0.05) is 35.9 Å². The minimum absolute atomic E-state index is 0.0951. The number of carbonyl (C=O) groups is 1. The molecule has 2 aromatic rings. The molecule has 1 aliphatic carbocycles. The van der Waals surface area contributed by atoms with Gasteiger partial charge in [0.15, 0.2) is 0 Å². The van der Waals surface area contributed by atoms with Crippen LogP contribution in [-0.4, -0.2) is 31.8 Å². The van der Waals surface area contributed by atoms with E-state index >= 15 is 0 Å². The van der Waals surface area contributed by atoms with Crippen molar-refractivity contribution in [2.24, 2.45) is 5.92 Å². The monoisotopic (exact) mass is 444 g/mol. The molecule has 3 N–H and O–H groups in total. The van der Waals surface area contributed by atoms with E-state index < -0.39 is 11.6 Å². The van der Waals surface area contributed by atoms with Crippen LogP contribution >= 0.6 is 11.6 Å². The second kappa shape index (κ2) is 9.37. The number of aliphatic carboxylic acids is 1. The summed E-state index contributed by atoms with van der Waals surface area (Å²) >= 11 is 6.19. The second-order valence-electron chi connectivity index (χ2n) is 8.91. The van der Waals surface area contributed by atoms with Gasteiger partial charge in [0.25, 0.3) is 5.56 Å². The van der Waals surface area contributed by atoms with Gasteiger partial charge in [-0.05, 0) is 81.1 Å². The lowest BCUT2D eigenvalue weighted by Crippen LogP contribution is -2.22. The highest BCUT2D eigenvalue weighted by Crippen LogP contribution is 2.38. The number of hydrogen-bond donors (Lipinski definition) is 3. The number of aliphatic hydroxyl groups is 1. The van der Waals surface area contributed by atoms with Crippen molar-refractivity contribution in [2.75, 3.05) is 0 Å². The topological polar surface area (TPSA) is 103 Å². The summed E-state index contributed by atoms with van der Waals surface area (Å²) in [6.07, 6.45) is 5.65. The summed E-state index contributed by atoms with van der Waals surface area (Å²) in [4.78, 5) is 30.0. The first-order chi connectivity index (χ1) is 14.5. The standard InChI is InChI=1S/C24H29ClN2O4/c1-14-26-22(25)19(23(30)27-14)13-20(24(2,3)31)18-10-8-17(9-11-18)16-6-4-15(5-7-16)12-21(28)29/h8-11,13,15-16,31H,4-7,12H2,1-3H3,(H,28,29)(H,26,27,30). The van der Waals surface area contributed by atoms with Crippen LogP contribution in [0.4, 0.5) is 0 Å². The van der Waals surface area contributed by atoms with Crippen LogP contribution in [0.15, 0.2) is 29.1 Å². The zero-order chi connectivity index (χ0) is 22.8. The summed E-state index contributed by atoms with van der Waals surface area (Å²) in [6, 6.07) is 8.01. The Morgan fingerprint density at radius 1 is 1.23 bits per heavy atom. The van der Waals surface area contributed by atoms with Gasteiger partial charge in [0.1, 0.15) is 11.0 Å². The molecule has 0 aliphatic heterocycles. The van der Waals surface area contributed by atoms with E-state index in [0.29, 0.717) is 17.3 Å². The van der Waals surface area contributed by atoms with E-state index in [1.54, 1.807) is 26.8 Å². The SMILES string of the molecule is Cc1nc(Cl)c(C=C(c2ccc(C3CCC(CC(=O)O)CC3)cc2)C(C)(C)O)c(=O)[nH]1. The number of H-pyrrole nitrogens is 1. The number of carboxylic acid groups (broad SMARTS) is 1. The number of carboxylic acids is 1. The molecule has 0 saturated heterocycles. The van der Waals surface area contributed by atoms with Crippen molar-refractivity contribution in [1.82, 2.24) is 9.97 Å². The average Bonchev–Trinajstić information content (AvgIpc) is 2.67. The molecule has 0 unspecified atom stereocenters. The predicted octanol–water partition coefficient (Wildman–Crippen LogP) is 4.79. The van der Waals surface area contributed by atoms with Crippen LogP contribution in [0.25, 0.3) is 11.6 Å². The quantitative estimate of drug-likeness (QED) is 0.555. The minimum atomic E-state index is -1.20. The minimum Gasteiger partial charge on any atom is -0.481 e. The Kier molecular flexibility index (Phi) is 7.02. The average molecular weight is 445 g/mol. The smallest absolute Gasteiger partial charge is 0.303 e. The molecule has 0 radical (unpaired) electrons. The van der Waals surface area contributed by atoms with Crippen molar-refractivity contribution in [1.29, 1.82) is 0 Å². The molecule has 0 amide bonds. The number of halogens is 1. The lowest BCUT2D eigenvalue weighted by atomic mass is 9.77. The number of aromatic nitrogens is 2. The molecule has 1 aliphatic rings. The van der Waals surface area contributed by atoms with E-state index in [0.717, 1.165) is 31.2 Å². The van der Waals surface area contributed by atoms with Crippen molar-refractivity contribution >= 4 is 29.2 Å². The molecule has 166 valence electrons. The van der Waals surface area contributed by atoms with Crippen LogP contribution < -0.4 is 5.56 Å². The Morgan fingerprint density at radius 2 is 1.84 bits per heavy atom. The first kappa shape index (κ1) is 23.2. The molecule has 0 atom stereocenters.